The molecule has 5 heteroatoms. The Morgan fingerprint density at radius 1 is 1.00 bits per heavy atom. The van der Waals surface area contributed by atoms with Crippen LogP contribution >= 0.6 is 0 Å². The summed E-state index contributed by atoms with van der Waals surface area (Å²) in [6.07, 6.45) is 0.707. The Balaban J connectivity index is 2.33. The summed E-state index contributed by atoms with van der Waals surface area (Å²) < 4.78 is 26.9. The Labute approximate surface area is 118 Å². The number of carbonyl (C=O) groups is 1. The quantitative estimate of drug-likeness (QED) is 0.880. The summed E-state index contributed by atoms with van der Waals surface area (Å²) in [6, 6.07) is 11.4. The number of hydrogen-bond acceptors (Lipinski definition) is 3. The van der Waals surface area contributed by atoms with Gasteiger partial charge in [-0.3, -0.25) is 9.52 Å². The first-order chi connectivity index (χ1) is 9.42. The summed E-state index contributed by atoms with van der Waals surface area (Å²) in [5.74, 6) is 0. The Bertz CT molecular complexity index is 734. The Kier molecular flexibility index (Phi) is 3.90. The molecule has 20 heavy (non-hydrogen) atoms. The van der Waals surface area contributed by atoms with Crippen molar-refractivity contribution in [1.82, 2.24) is 0 Å². The van der Waals surface area contributed by atoms with Crippen LogP contribution in [0.5, 0.6) is 0 Å². The molecule has 0 aliphatic rings. The van der Waals surface area contributed by atoms with Crippen LogP contribution in [-0.2, 0) is 10.0 Å². The molecule has 0 spiro atoms. The maximum atomic E-state index is 12.2. The first kappa shape index (κ1) is 14.3. The number of rotatable bonds is 4. The zero-order valence-corrected chi connectivity index (χ0v) is 12.1. The molecule has 4 nitrogen and oxygen atoms in total. The van der Waals surface area contributed by atoms with E-state index in [1.165, 1.54) is 6.07 Å². The van der Waals surface area contributed by atoms with E-state index in [9.17, 15) is 13.2 Å². The Hall–Kier alpha value is -2.14. The third-order valence-electron chi connectivity index (χ3n) is 2.99. The maximum Gasteiger partial charge on any atom is 0.261 e. The molecule has 0 unspecified atom stereocenters. The lowest BCUT2D eigenvalue weighted by Crippen LogP contribution is -2.13. The van der Waals surface area contributed by atoms with E-state index in [0.29, 0.717) is 17.5 Å². The molecule has 0 radical (unpaired) electrons. The molecule has 0 atom stereocenters. The zero-order chi connectivity index (χ0) is 14.8. The number of carbonyl (C=O) groups excluding carboxylic acids is 1. The van der Waals surface area contributed by atoms with Crippen LogP contribution in [-0.4, -0.2) is 14.7 Å². The number of anilines is 1. The minimum absolute atomic E-state index is 0.191. The molecule has 0 fully saturated rings. The second-order valence-electron chi connectivity index (χ2n) is 4.61. The minimum atomic E-state index is -3.63. The standard InChI is InChI=1S/C15H15NO3S/c1-11-3-7-15(8-4-11)20(18,19)16-14-6-5-12(2)13(9-14)10-17/h3-10,16H,1-2H3. The number of hydrogen-bond donors (Lipinski definition) is 1. The van der Waals surface area contributed by atoms with E-state index in [1.807, 2.05) is 6.92 Å². The highest BCUT2D eigenvalue weighted by atomic mass is 32.2. The summed E-state index contributed by atoms with van der Waals surface area (Å²) >= 11 is 0. The Morgan fingerprint density at radius 3 is 2.25 bits per heavy atom. The van der Waals surface area contributed by atoms with Gasteiger partial charge in [-0.2, -0.15) is 0 Å². The van der Waals surface area contributed by atoms with Crippen molar-refractivity contribution in [3.63, 3.8) is 0 Å². The van der Waals surface area contributed by atoms with Gasteiger partial charge >= 0.3 is 0 Å². The lowest BCUT2D eigenvalue weighted by Gasteiger charge is -2.09. The first-order valence-electron chi connectivity index (χ1n) is 6.08. The molecule has 2 aromatic rings. The molecule has 2 rings (SSSR count). The Morgan fingerprint density at radius 2 is 1.65 bits per heavy atom. The molecular weight excluding hydrogens is 274 g/mol. The van der Waals surface area contributed by atoms with Gasteiger partial charge in [-0.1, -0.05) is 23.8 Å². The van der Waals surface area contributed by atoms with Crippen molar-refractivity contribution in [2.45, 2.75) is 18.7 Å². The molecule has 0 aliphatic carbocycles. The van der Waals surface area contributed by atoms with Gasteiger partial charge in [0.1, 0.15) is 6.29 Å². The van der Waals surface area contributed by atoms with Crippen LogP contribution in [0.4, 0.5) is 5.69 Å². The summed E-state index contributed by atoms with van der Waals surface area (Å²) in [4.78, 5) is 11.1. The highest BCUT2D eigenvalue weighted by molar-refractivity contribution is 7.92. The third-order valence-corrected chi connectivity index (χ3v) is 4.39. The zero-order valence-electron chi connectivity index (χ0n) is 11.3. The van der Waals surface area contributed by atoms with Crippen LogP contribution in [0.25, 0.3) is 0 Å². The average Bonchev–Trinajstić information content (AvgIpc) is 2.41. The predicted octanol–water partition coefficient (Wildman–Crippen LogP) is 2.92. The van der Waals surface area contributed by atoms with Crippen molar-refractivity contribution in [2.24, 2.45) is 0 Å². The molecule has 0 saturated heterocycles. The van der Waals surface area contributed by atoms with E-state index < -0.39 is 10.0 Å². The van der Waals surface area contributed by atoms with Gasteiger partial charge in [0.2, 0.25) is 0 Å². The maximum absolute atomic E-state index is 12.2. The molecule has 0 saturated carbocycles. The van der Waals surface area contributed by atoms with Gasteiger partial charge < -0.3 is 0 Å². The van der Waals surface area contributed by atoms with E-state index >= 15 is 0 Å². The van der Waals surface area contributed by atoms with Crippen molar-refractivity contribution in [2.75, 3.05) is 4.72 Å². The molecule has 0 heterocycles. The second kappa shape index (κ2) is 5.46. The minimum Gasteiger partial charge on any atom is -0.298 e. The summed E-state index contributed by atoms with van der Waals surface area (Å²) in [7, 11) is -3.63. The molecular formula is C15H15NO3S. The highest BCUT2D eigenvalue weighted by Gasteiger charge is 2.14. The van der Waals surface area contributed by atoms with Crippen molar-refractivity contribution < 1.29 is 13.2 Å². The van der Waals surface area contributed by atoms with Gasteiger partial charge in [-0.15, -0.1) is 0 Å². The lowest BCUT2D eigenvalue weighted by atomic mass is 10.1. The molecule has 104 valence electrons. The van der Waals surface area contributed by atoms with E-state index in [-0.39, 0.29) is 4.90 Å². The van der Waals surface area contributed by atoms with Gasteiger partial charge in [0.25, 0.3) is 10.0 Å². The summed E-state index contributed by atoms with van der Waals surface area (Å²) in [5, 5.41) is 0. The fourth-order valence-electron chi connectivity index (χ4n) is 1.76. The second-order valence-corrected chi connectivity index (χ2v) is 6.29. The smallest absolute Gasteiger partial charge is 0.261 e. The van der Waals surface area contributed by atoms with Crippen LogP contribution < -0.4 is 4.72 Å². The van der Waals surface area contributed by atoms with Gasteiger partial charge in [0.15, 0.2) is 0 Å². The molecule has 1 N–H and O–H groups in total. The van der Waals surface area contributed by atoms with Crippen LogP contribution in [0.3, 0.4) is 0 Å². The number of nitrogens with one attached hydrogen (secondary N) is 1. The predicted molar refractivity (Wildman–Crippen MR) is 78.6 cm³/mol. The molecule has 0 aromatic heterocycles. The van der Waals surface area contributed by atoms with Crippen LogP contribution in [0.1, 0.15) is 21.5 Å². The van der Waals surface area contributed by atoms with Crippen LogP contribution in [0.15, 0.2) is 47.4 Å². The number of sulfonamides is 1. The van der Waals surface area contributed by atoms with Gasteiger partial charge in [0.05, 0.1) is 4.90 Å². The van der Waals surface area contributed by atoms with Gasteiger partial charge in [0, 0.05) is 11.3 Å². The lowest BCUT2D eigenvalue weighted by molar-refractivity contribution is 0.112. The van der Waals surface area contributed by atoms with Crippen LogP contribution in [0.2, 0.25) is 0 Å². The monoisotopic (exact) mass is 289 g/mol. The molecule has 0 aliphatic heterocycles. The number of aryl methyl sites for hydroxylation is 2. The average molecular weight is 289 g/mol. The normalized spacial score (nSPS) is 11.1. The molecule has 0 amide bonds. The van der Waals surface area contributed by atoms with E-state index in [1.54, 1.807) is 43.3 Å². The fourth-order valence-corrected chi connectivity index (χ4v) is 2.81. The van der Waals surface area contributed by atoms with E-state index in [0.717, 1.165) is 11.1 Å². The summed E-state index contributed by atoms with van der Waals surface area (Å²) in [5.41, 5.74) is 2.63. The number of benzene rings is 2. The van der Waals surface area contributed by atoms with Crippen molar-refractivity contribution in [3.05, 3.63) is 59.2 Å². The molecule has 0 bridgehead atoms. The van der Waals surface area contributed by atoms with Crippen LogP contribution in [0, 0.1) is 13.8 Å². The first-order valence-corrected chi connectivity index (χ1v) is 7.56. The summed E-state index contributed by atoms with van der Waals surface area (Å²) in [6.45, 7) is 3.68. The molecule has 2 aromatic carbocycles. The third kappa shape index (κ3) is 3.05. The van der Waals surface area contributed by atoms with Crippen molar-refractivity contribution >= 4 is 22.0 Å². The SMILES string of the molecule is Cc1ccc(S(=O)(=O)Nc2ccc(C)c(C=O)c2)cc1. The topological polar surface area (TPSA) is 63.2 Å². The van der Waals surface area contributed by atoms with Gasteiger partial charge in [-0.25, -0.2) is 8.42 Å². The van der Waals surface area contributed by atoms with Gasteiger partial charge in [-0.05, 0) is 43.7 Å². The fraction of sp³-hybridized carbons (Fsp3) is 0.133. The largest absolute Gasteiger partial charge is 0.298 e. The van der Waals surface area contributed by atoms with Crippen molar-refractivity contribution in [1.29, 1.82) is 0 Å². The highest BCUT2D eigenvalue weighted by Crippen LogP contribution is 2.19. The van der Waals surface area contributed by atoms with E-state index in [4.69, 9.17) is 0 Å². The number of aldehydes is 1. The van der Waals surface area contributed by atoms with Crippen molar-refractivity contribution in [3.8, 4) is 0 Å². The van der Waals surface area contributed by atoms with E-state index in [2.05, 4.69) is 4.72 Å².